The number of rotatable bonds is 67. The van der Waals surface area contributed by atoms with Gasteiger partial charge in [0.05, 0.1) is 25.4 Å². The Labute approximate surface area is 482 Å². The van der Waals surface area contributed by atoms with Gasteiger partial charge in [0, 0.05) is 12.8 Å². The van der Waals surface area contributed by atoms with Gasteiger partial charge in [-0.15, -0.1) is 0 Å². The number of hydrogen-bond acceptors (Lipinski definition) is 5. The number of carbonyl (C=O) groups is 2. The molecule has 0 saturated carbocycles. The largest absolute Gasteiger partial charge is 0.466 e. The predicted molar refractivity (Wildman–Crippen MR) is 338 cm³/mol. The van der Waals surface area contributed by atoms with Crippen molar-refractivity contribution in [3.63, 3.8) is 0 Å². The summed E-state index contributed by atoms with van der Waals surface area (Å²) in [5.41, 5.74) is 0. The number of ether oxygens (including phenoxy) is 1. The molecule has 0 saturated heterocycles. The number of aliphatic hydroxyl groups is 2. The van der Waals surface area contributed by atoms with Gasteiger partial charge in [0.25, 0.3) is 0 Å². The lowest BCUT2D eigenvalue weighted by molar-refractivity contribution is -0.143. The van der Waals surface area contributed by atoms with Crippen LogP contribution in [0.3, 0.4) is 0 Å². The molecule has 0 radical (unpaired) electrons. The smallest absolute Gasteiger partial charge is 0.305 e. The monoisotopic (exact) mass is 1090 g/mol. The van der Waals surface area contributed by atoms with E-state index in [-0.39, 0.29) is 18.5 Å². The SMILES string of the molecule is CCCCCCCCCCCCCCCCCCCCCCCC/C=C/C(O)C(CO)NC(=O)CCCCCCCCCCCCCCCCCCCCCCCCCOC(=O)CCCCCCCCCCCCCCC. The van der Waals surface area contributed by atoms with E-state index >= 15 is 0 Å². The number of allylic oxidation sites excluding steroid dienone is 1. The molecule has 0 bridgehead atoms. The van der Waals surface area contributed by atoms with Crippen LogP contribution in [0.5, 0.6) is 0 Å². The van der Waals surface area contributed by atoms with Crippen LogP contribution in [0.1, 0.15) is 406 Å². The van der Waals surface area contributed by atoms with Crippen LogP contribution in [0.15, 0.2) is 12.2 Å². The minimum absolute atomic E-state index is 0.0166. The van der Waals surface area contributed by atoms with Crippen LogP contribution in [-0.2, 0) is 14.3 Å². The molecule has 2 atom stereocenters. The van der Waals surface area contributed by atoms with E-state index in [1.54, 1.807) is 6.08 Å². The van der Waals surface area contributed by atoms with E-state index in [0.717, 1.165) is 38.5 Å². The molecule has 0 heterocycles. The van der Waals surface area contributed by atoms with Crippen LogP contribution in [0.4, 0.5) is 0 Å². The maximum absolute atomic E-state index is 12.5. The van der Waals surface area contributed by atoms with Gasteiger partial charge in [0.2, 0.25) is 5.91 Å². The minimum Gasteiger partial charge on any atom is -0.466 e. The van der Waals surface area contributed by atoms with Gasteiger partial charge in [0.15, 0.2) is 0 Å². The minimum atomic E-state index is -0.845. The van der Waals surface area contributed by atoms with E-state index < -0.39 is 12.1 Å². The highest BCUT2D eigenvalue weighted by atomic mass is 16.5. The zero-order chi connectivity index (χ0) is 55.7. The third-order valence-electron chi connectivity index (χ3n) is 16.8. The first-order valence-electron chi connectivity index (χ1n) is 35.5. The van der Waals surface area contributed by atoms with Crippen LogP contribution in [0.25, 0.3) is 0 Å². The zero-order valence-electron chi connectivity index (χ0n) is 52.5. The standard InChI is InChI=1S/C71H139NO5/c1-3-5-7-9-11-13-15-17-18-19-20-21-22-24-27-30-33-36-40-43-47-51-55-59-63-69(74)68(67-73)72-70(75)64-60-56-52-48-44-41-37-34-31-28-25-23-26-29-32-35-38-42-46-50-54-58-62-66-77-71(76)65-61-57-53-49-45-39-16-14-12-10-8-6-4-2/h59,63,68-69,73-74H,3-58,60-62,64-67H2,1-2H3,(H,72,75)/b63-59+. The third kappa shape index (κ3) is 63.6. The quantitative estimate of drug-likeness (QED) is 0.0320. The van der Waals surface area contributed by atoms with Crippen LogP contribution in [-0.4, -0.2) is 47.4 Å². The maximum Gasteiger partial charge on any atom is 0.305 e. The molecule has 2 unspecified atom stereocenters. The van der Waals surface area contributed by atoms with E-state index in [4.69, 9.17) is 4.74 Å². The van der Waals surface area contributed by atoms with E-state index in [0.29, 0.717) is 19.4 Å². The molecule has 0 aromatic heterocycles. The second-order valence-corrected chi connectivity index (χ2v) is 24.6. The van der Waals surface area contributed by atoms with Crippen molar-refractivity contribution in [2.45, 2.75) is 418 Å². The molecule has 0 spiro atoms. The Morgan fingerprint density at radius 2 is 0.597 bits per heavy atom. The highest BCUT2D eigenvalue weighted by Crippen LogP contribution is 2.19. The summed E-state index contributed by atoms with van der Waals surface area (Å²) in [5, 5.41) is 23.3. The molecule has 0 fully saturated rings. The molecule has 6 heteroatoms. The highest BCUT2D eigenvalue weighted by molar-refractivity contribution is 5.76. The Balaban J connectivity index is 3.40. The number of esters is 1. The summed E-state index contributed by atoms with van der Waals surface area (Å²) < 4.78 is 5.49. The lowest BCUT2D eigenvalue weighted by Gasteiger charge is -2.20. The fourth-order valence-corrected chi connectivity index (χ4v) is 11.4. The fourth-order valence-electron chi connectivity index (χ4n) is 11.4. The molecule has 6 nitrogen and oxygen atoms in total. The normalized spacial score (nSPS) is 12.5. The molecule has 0 aliphatic heterocycles. The van der Waals surface area contributed by atoms with Gasteiger partial charge in [-0.05, 0) is 32.1 Å². The Morgan fingerprint density at radius 3 is 0.883 bits per heavy atom. The lowest BCUT2D eigenvalue weighted by atomic mass is 10.0. The van der Waals surface area contributed by atoms with E-state index in [1.807, 2.05) is 6.08 Å². The van der Waals surface area contributed by atoms with E-state index in [9.17, 15) is 19.8 Å². The number of hydrogen-bond donors (Lipinski definition) is 3. The predicted octanol–water partition coefficient (Wildman–Crippen LogP) is 22.8. The van der Waals surface area contributed by atoms with Gasteiger partial charge in [-0.3, -0.25) is 9.59 Å². The number of amides is 1. The van der Waals surface area contributed by atoms with Gasteiger partial charge in [-0.1, -0.05) is 373 Å². The van der Waals surface area contributed by atoms with Crippen molar-refractivity contribution >= 4 is 11.9 Å². The first kappa shape index (κ1) is 75.6. The summed E-state index contributed by atoms with van der Waals surface area (Å²) >= 11 is 0. The number of nitrogens with one attached hydrogen (secondary N) is 1. The summed E-state index contributed by atoms with van der Waals surface area (Å²) in [6, 6.07) is -0.628. The van der Waals surface area contributed by atoms with Gasteiger partial charge < -0.3 is 20.3 Å². The number of unbranched alkanes of at least 4 members (excludes halogenated alkanes) is 56. The summed E-state index contributed by atoms with van der Waals surface area (Å²) in [4.78, 5) is 24.6. The molecule has 0 aliphatic rings. The summed E-state index contributed by atoms with van der Waals surface area (Å²) in [7, 11) is 0. The molecule has 77 heavy (non-hydrogen) atoms. The van der Waals surface area contributed by atoms with Gasteiger partial charge in [0.1, 0.15) is 0 Å². The first-order chi connectivity index (χ1) is 38.0. The zero-order valence-corrected chi connectivity index (χ0v) is 52.5. The van der Waals surface area contributed by atoms with Crippen molar-refractivity contribution in [2.75, 3.05) is 13.2 Å². The number of carbonyl (C=O) groups excluding carboxylic acids is 2. The highest BCUT2D eigenvalue weighted by Gasteiger charge is 2.18. The molecular formula is C71H139NO5. The Hall–Kier alpha value is -1.40. The summed E-state index contributed by atoms with van der Waals surface area (Å²) in [6.07, 6.45) is 82.9. The first-order valence-corrected chi connectivity index (χ1v) is 35.5. The van der Waals surface area contributed by atoms with Crippen molar-refractivity contribution in [3.8, 4) is 0 Å². The molecule has 0 aromatic rings. The molecule has 1 amide bonds. The van der Waals surface area contributed by atoms with Crippen LogP contribution < -0.4 is 5.32 Å². The molecule has 0 aromatic carbocycles. The molecular weight excluding hydrogens is 947 g/mol. The van der Waals surface area contributed by atoms with Crippen molar-refractivity contribution in [1.82, 2.24) is 5.32 Å². The third-order valence-corrected chi connectivity index (χ3v) is 16.8. The summed E-state index contributed by atoms with van der Waals surface area (Å²) in [6.45, 7) is 4.95. The number of aliphatic hydroxyl groups excluding tert-OH is 2. The Bertz CT molecular complexity index is 1160. The summed E-state index contributed by atoms with van der Waals surface area (Å²) in [5.74, 6) is -0.0457. The fraction of sp³-hybridized carbons (Fsp3) is 0.944. The van der Waals surface area contributed by atoms with Gasteiger partial charge >= 0.3 is 5.97 Å². The van der Waals surface area contributed by atoms with Gasteiger partial charge in [-0.2, -0.15) is 0 Å². The molecule has 458 valence electrons. The molecule has 3 N–H and O–H groups in total. The van der Waals surface area contributed by atoms with Crippen LogP contribution in [0, 0.1) is 0 Å². The average molecular weight is 1090 g/mol. The second-order valence-electron chi connectivity index (χ2n) is 24.6. The van der Waals surface area contributed by atoms with E-state index in [1.165, 1.54) is 340 Å². The van der Waals surface area contributed by atoms with Crippen LogP contribution in [0.2, 0.25) is 0 Å². The lowest BCUT2D eigenvalue weighted by Crippen LogP contribution is -2.45. The van der Waals surface area contributed by atoms with Crippen molar-refractivity contribution < 1.29 is 24.5 Å². The van der Waals surface area contributed by atoms with Gasteiger partial charge in [-0.25, -0.2) is 0 Å². The Morgan fingerprint density at radius 1 is 0.351 bits per heavy atom. The Kier molecular flexibility index (Phi) is 65.9. The van der Waals surface area contributed by atoms with Crippen LogP contribution >= 0.6 is 0 Å². The van der Waals surface area contributed by atoms with Crippen molar-refractivity contribution in [2.24, 2.45) is 0 Å². The van der Waals surface area contributed by atoms with Crippen molar-refractivity contribution in [1.29, 1.82) is 0 Å². The molecule has 0 aliphatic carbocycles. The molecule has 0 rings (SSSR count). The van der Waals surface area contributed by atoms with Crippen molar-refractivity contribution in [3.05, 3.63) is 12.2 Å². The van der Waals surface area contributed by atoms with E-state index in [2.05, 4.69) is 19.2 Å². The second kappa shape index (κ2) is 67.1. The maximum atomic E-state index is 12.5. The average Bonchev–Trinajstić information content (AvgIpc) is 3.43. The topological polar surface area (TPSA) is 95.9 Å².